The molecule has 2 N–H and O–H groups in total. The second-order valence-corrected chi connectivity index (χ2v) is 15.1. The van der Waals surface area contributed by atoms with E-state index >= 15 is 0 Å². The minimum absolute atomic E-state index is 0.0188. The summed E-state index contributed by atoms with van der Waals surface area (Å²) in [6.07, 6.45) is -2.56. The van der Waals surface area contributed by atoms with Gasteiger partial charge in [-0.25, -0.2) is 9.59 Å². The molecule has 5 aromatic rings. The van der Waals surface area contributed by atoms with E-state index in [0.29, 0.717) is 18.9 Å². The molecular formula is C45H52N4O9. The number of benzene rings is 4. The molecule has 1 amide bonds. The average molecular weight is 793 g/mol. The maximum absolute atomic E-state index is 12.4. The van der Waals surface area contributed by atoms with Crippen molar-refractivity contribution in [2.24, 2.45) is 0 Å². The molecule has 6 rings (SSSR count). The molecule has 6 atom stereocenters. The quantitative estimate of drug-likeness (QED) is 0.0884. The van der Waals surface area contributed by atoms with Crippen LogP contribution < -0.4 is 5.32 Å². The van der Waals surface area contributed by atoms with Gasteiger partial charge in [0.2, 0.25) is 0 Å². The first-order valence-electron chi connectivity index (χ1n) is 19.5. The fourth-order valence-corrected chi connectivity index (χ4v) is 6.55. The lowest BCUT2D eigenvalue weighted by Gasteiger charge is -2.45. The Bertz CT molecular complexity index is 1980. The van der Waals surface area contributed by atoms with Gasteiger partial charge in [-0.15, -0.1) is 5.10 Å². The van der Waals surface area contributed by atoms with E-state index < -0.39 is 54.2 Å². The minimum Gasteiger partial charge on any atom is -0.480 e. The summed E-state index contributed by atoms with van der Waals surface area (Å²) >= 11 is 0. The van der Waals surface area contributed by atoms with Gasteiger partial charge >= 0.3 is 12.1 Å². The van der Waals surface area contributed by atoms with E-state index in [2.05, 4.69) is 15.6 Å². The molecule has 1 aromatic heterocycles. The summed E-state index contributed by atoms with van der Waals surface area (Å²) in [6.45, 7) is 6.60. The first kappa shape index (κ1) is 42.2. The third-order valence-electron chi connectivity index (χ3n) is 9.37. The fraction of sp³-hybridized carbons (Fsp3) is 0.378. The van der Waals surface area contributed by atoms with Crippen molar-refractivity contribution < 1.29 is 43.1 Å². The molecule has 306 valence electrons. The van der Waals surface area contributed by atoms with Crippen LogP contribution in [0.4, 0.5) is 4.79 Å². The fourth-order valence-electron chi connectivity index (χ4n) is 6.55. The number of amides is 1. The first-order valence-corrected chi connectivity index (χ1v) is 19.5. The number of nitrogens with zero attached hydrogens (tertiary/aromatic N) is 3. The largest absolute Gasteiger partial charge is 0.480 e. The van der Waals surface area contributed by atoms with Crippen LogP contribution in [0.3, 0.4) is 0 Å². The first-order chi connectivity index (χ1) is 28.1. The molecular weight excluding hydrogens is 741 g/mol. The molecule has 1 saturated heterocycles. The number of carboxylic acid groups (broad SMARTS) is 1. The van der Waals surface area contributed by atoms with Crippen molar-refractivity contribution in [3.05, 3.63) is 155 Å². The molecule has 0 aliphatic carbocycles. The number of aromatic nitrogens is 3. The smallest absolute Gasteiger partial charge is 0.408 e. The molecule has 2 heterocycles. The number of nitrogens with one attached hydrogen (secondary N) is 1. The van der Waals surface area contributed by atoms with E-state index in [4.69, 9.17) is 28.4 Å². The molecule has 0 unspecified atom stereocenters. The SMILES string of the molecule is CC(C)(C)OC(=O)N[C@@H](CCn1cc([C@@H]2O[C@H](COCc3ccccc3)[C@@H](OCc3ccccc3)[C@H](OCc3ccccc3)[C@H]2OCc2ccccc2)nn1)C(=O)O. The molecule has 58 heavy (non-hydrogen) atoms. The van der Waals surface area contributed by atoms with Gasteiger partial charge in [-0.1, -0.05) is 127 Å². The minimum atomic E-state index is -1.22. The number of carbonyl (C=O) groups excluding carboxylic acids is 1. The Balaban J connectivity index is 1.30. The Morgan fingerprint density at radius 3 is 1.71 bits per heavy atom. The third kappa shape index (κ3) is 12.8. The number of hydrogen-bond donors (Lipinski definition) is 2. The summed E-state index contributed by atoms with van der Waals surface area (Å²) in [5.74, 6) is -1.20. The molecule has 0 saturated carbocycles. The number of aliphatic carboxylic acids is 1. The number of ether oxygens (including phenoxy) is 6. The molecule has 0 radical (unpaired) electrons. The lowest BCUT2D eigenvalue weighted by atomic mass is 9.92. The molecule has 1 aliphatic rings. The number of alkyl carbamates (subject to hydrolysis) is 1. The predicted octanol–water partition coefficient (Wildman–Crippen LogP) is 7.06. The van der Waals surface area contributed by atoms with Gasteiger partial charge in [-0.3, -0.25) is 4.68 Å². The lowest BCUT2D eigenvalue weighted by Crippen LogP contribution is -2.58. The Morgan fingerprint density at radius 1 is 0.724 bits per heavy atom. The van der Waals surface area contributed by atoms with Gasteiger partial charge in [0.05, 0.1) is 39.2 Å². The highest BCUT2D eigenvalue weighted by molar-refractivity contribution is 5.79. The second-order valence-electron chi connectivity index (χ2n) is 15.1. The van der Waals surface area contributed by atoms with E-state index in [1.807, 2.05) is 121 Å². The summed E-state index contributed by atoms with van der Waals surface area (Å²) in [4.78, 5) is 24.5. The van der Waals surface area contributed by atoms with E-state index in [1.54, 1.807) is 27.0 Å². The van der Waals surface area contributed by atoms with Crippen molar-refractivity contribution in [1.82, 2.24) is 20.3 Å². The van der Waals surface area contributed by atoms with Crippen molar-refractivity contribution in [2.75, 3.05) is 6.61 Å². The Kier molecular flexibility index (Phi) is 15.1. The molecule has 1 aliphatic heterocycles. The summed E-state index contributed by atoms with van der Waals surface area (Å²) in [5, 5.41) is 21.2. The van der Waals surface area contributed by atoms with Crippen LogP contribution in [0.5, 0.6) is 0 Å². The van der Waals surface area contributed by atoms with Crippen molar-refractivity contribution >= 4 is 12.1 Å². The van der Waals surface area contributed by atoms with Gasteiger partial charge in [0.1, 0.15) is 47.9 Å². The van der Waals surface area contributed by atoms with Gasteiger partial charge < -0.3 is 38.8 Å². The van der Waals surface area contributed by atoms with Crippen LogP contribution in [-0.4, -0.2) is 74.8 Å². The van der Waals surface area contributed by atoms with Crippen LogP contribution in [0.1, 0.15) is 61.2 Å². The normalized spacial score (nSPS) is 19.9. The molecule has 4 aromatic carbocycles. The van der Waals surface area contributed by atoms with Gasteiger partial charge in [-0.2, -0.15) is 0 Å². The zero-order valence-electron chi connectivity index (χ0n) is 33.1. The summed E-state index contributed by atoms with van der Waals surface area (Å²) in [7, 11) is 0. The Labute approximate surface area is 339 Å². The number of aryl methyl sites for hydroxylation is 1. The van der Waals surface area contributed by atoms with Gasteiger partial charge in [-0.05, 0) is 49.4 Å². The van der Waals surface area contributed by atoms with Gasteiger partial charge in [0, 0.05) is 6.54 Å². The van der Waals surface area contributed by atoms with Gasteiger partial charge in [0.15, 0.2) is 0 Å². The predicted molar refractivity (Wildman–Crippen MR) is 214 cm³/mol. The number of carboxylic acids is 1. The summed E-state index contributed by atoms with van der Waals surface area (Å²) in [5.41, 5.74) is 3.60. The maximum atomic E-state index is 12.4. The standard InChI is InChI=1S/C45H52N4O9/c1-45(2,3)58-44(52)46-36(43(50)51)24-25-49-26-37(47-48-49)39-41(55-29-34-20-12-6-13-21-34)42(56-30-35-22-14-7-15-23-35)40(54-28-33-18-10-5-11-19-33)38(57-39)31-53-27-32-16-8-4-9-17-32/h4-23,26,36,38-42H,24-25,27-31H2,1-3H3,(H,46,52)(H,50,51)/t36-,38+,39-,40+,41-,42-/m0/s1. The van der Waals surface area contributed by atoms with Crippen molar-refractivity contribution in [2.45, 2.75) is 102 Å². The highest BCUT2D eigenvalue weighted by atomic mass is 16.6. The van der Waals surface area contributed by atoms with E-state index in [0.717, 1.165) is 22.3 Å². The highest BCUT2D eigenvalue weighted by Gasteiger charge is 2.50. The zero-order valence-corrected chi connectivity index (χ0v) is 33.1. The molecule has 13 heteroatoms. The molecule has 0 bridgehead atoms. The van der Waals surface area contributed by atoms with Crippen LogP contribution >= 0.6 is 0 Å². The van der Waals surface area contributed by atoms with Gasteiger partial charge in [0.25, 0.3) is 0 Å². The van der Waals surface area contributed by atoms with E-state index in [9.17, 15) is 14.7 Å². The molecule has 13 nitrogen and oxygen atoms in total. The summed E-state index contributed by atoms with van der Waals surface area (Å²) < 4.78 is 40.4. The molecule has 1 fully saturated rings. The number of carbonyl (C=O) groups is 2. The van der Waals surface area contributed by atoms with Crippen LogP contribution in [0, 0.1) is 0 Å². The van der Waals surface area contributed by atoms with Crippen LogP contribution in [-0.2, 0) is 66.2 Å². The molecule has 0 spiro atoms. The van der Waals surface area contributed by atoms with Crippen molar-refractivity contribution in [3.63, 3.8) is 0 Å². The zero-order chi connectivity index (χ0) is 40.7. The maximum Gasteiger partial charge on any atom is 0.408 e. The highest BCUT2D eigenvalue weighted by Crippen LogP contribution is 2.38. The monoisotopic (exact) mass is 792 g/mol. The van der Waals surface area contributed by atoms with Crippen LogP contribution in [0.15, 0.2) is 128 Å². The average Bonchev–Trinajstić information content (AvgIpc) is 3.70. The number of rotatable bonds is 19. The Morgan fingerprint density at radius 2 is 1.21 bits per heavy atom. The second kappa shape index (κ2) is 20.8. The van der Waals surface area contributed by atoms with Crippen LogP contribution in [0.2, 0.25) is 0 Å². The van der Waals surface area contributed by atoms with E-state index in [-0.39, 0.29) is 32.8 Å². The number of hydrogen-bond acceptors (Lipinski definition) is 10. The van der Waals surface area contributed by atoms with E-state index in [1.165, 1.54) is 4.68 Å². The van der Waals surface area contributed by atoms with Crippen molar-refractivity contribution in [1.29, 1.82) is 0 Å². The van der Waals surface area contributed by atoms with Crippen LogP contribution in [0.25, 0.3) is 0 Å². The lowest BCUT2D eigenvalue weighted by molar-refractivity contribution is -0.275. The summed E-state index contributed by atoms with van der Waals surface area (Å²) in [6, 6.07) is 38.3. The third-order valence-corrected chi connectivity index (χ3v) is 9.37. The van der Waals surface area contributed by atoms with Crippen molar-refractivity contribution in [3.8, 4) is 0 Å². The Hall–Kier alpha value is -5.44. The topological polar surface area (TPSA) is 152 Å².